The first kappa shape index (κ1) is 31.0. The van der Waals surface area contributed by atoms with E-state index in [-0.39, 0.29) is 29.9 Å². The van der Waals surface area contributed by atoms with Gasteiger partial charge in [0.2, 0.25) is 0 Å². The van der Waals surface area contributed by atoms with Crippen LogP contribution in [0.25, 0.3) is 0 Å². The zero-order valence-corrected chi connectivity index (χ0v) is 26.1. The van der Waals surface area contributed by atoms with Crippen LogP contribution >= 0.6 is 0 Å². The van der Waals surface area contributed by atoms with Crippen molar-refractivity contribution < 1.29 is 28.2 Å². The second-order valence-corrected chi connectivity index (χ2v) is 16.9. The quantitative estimate of drug-likeness (QED) is 0.172. The highest BCUT2D eigenvalue weighted by Gasteiger charge is 2.37. The Kier molecular flexibility index (Phi) is 9.54. The number of aromatic nitrogens is 1. The van der Waals surface area contributed by atoms with Gasteiger partial charge in [-0.05, 0) is 68.7 Å². The van der Waals surface area contributed by atoms with E-state index in [2.05, 4.69) is 50.8 Å². The first-order chi connectivity index (χ1) is 18.6. The molecule has 0 N–H and O–H groups in total. The smallest absolute Gasteiger partial charge is 0.428 e. The minimum Gasteiger partial charge on any atom is -0.497 e. The fourth-order valence-corrected chi connectivity index (χ4v) is 4.53. The van der Waals surface area contributed by atoms with Gasteiger partial charge in [0.15, 0.2) is 32.3 Å². The highest BCUT2D eigenvalue weighted by Crippen LogP contribution is 2.37. The van der Waals surface area contributed by atoms with Crippen LogP contribution in [0.1, 0.15) is 53.5 Å². The van der Waals surface area contributed by atoms with Crippen LogP contribution in [0.15, 0.2) is 36.4 Å². The summed E-state index contributed by atoms with van der Waals surface area (Å²) in [5.41, 5.74) is 0.149. The Morgan fingerprint density at radius 2 is 1.77 bits per heavy atom. The first-order valence-corrected chi connectivity index (χ1v) is 16.2. The number of carbonyl (C=O) groups is 2. The Balaban J connectivity index is 1.89. The number of amides is 2. The van der Waals surface area contributed by atoms with Crippen LogP contribution in [-0.2, 0) is 20.5 Å². The van der Waals surface area contributed by atoms with Crippen molar-refractivity contribution in [3.63, 3.8) is 0 Å². The minimum atomic E-state index is -1.91. The summed E-state index contributed by atoms with van der Waals surface area (Å²) in [7, 11) is -0.312. The summed E-state index contributed by atoms with van der Waals surface area (Å²) in [4.78, 5) is 33.4. The van der Waals surface area contributed by atoms with E-state index in [1.807, 2.05) is 24.3 Å². The maximum Gasteiger partial charge on any atom is 0.428 e. The summed E-state index contributed by atoms with van der Waals surface area (Å²) in [5, 5.41) is 0.0905. The number of methoxy groups -OCH3 is 1. The van der Waals surface area contributed by atoms with Gasteiger partial charge in [-0.2, -0.15) is 4.90 Å². The van der Waals surface area contributed by atoms with Crippen LogP contribution in [0.3, 0.4) is 0 Å². The molecule has 0 radical (unpaired) electrons. The molecule has 1 aliphatic heterocycles. The number of carbonyl (C=O) groups excluding carboxylic acids is 2. The average molecular weight is 568 g/mol. The number of nitrogens with zero attached hydrogens (tertiary/aromatic N) is 3. The molecule has 0 aliphatic carbocycles. The van der Waals surface area contributed by atoms with Gasteiger partial charge in [-0.25, -0.2) is 9.78 Å². The van der Waals surface area contributed by atoms with E-state index < -0.39 is 20.0 Å². The van der Waals surface area contributed by atoms with Gasteiger partial charge in [0, 0.05) is 19.1 Å². The maximum absolute atomic E-state index is 13.2. The molecule has 0 saturated carbocycles. The van der Waals surface area contributed by atoms with Crippen molar-refractivity contribution in [1.29, 1.82) is 0 Å². The lowest BCUT2D eigenvalue weighted by Crippen LogP contribution is -2.40. The van der Waals surface area contributed by atoms with Gasteiger partial charge in [0.05, 0.1) is 13.7 Å². The number of hydrogen-bond donors (Lipinski definition) is 0. The molecule has 1 aromatic heterocycles. The second-order valence-electron chi connectivity index (χ2n) is 12.1. The van der Waals surface area contributed by atoms with Crippen LogP contribution in [0.5, 0.6) is 11.5 Å². The van der Waals surface area contributed by atoms with Crippen molar-refractivity contribution in [2.75, 3.05) is 30.1 Å². The molecule has 2 aromatic rings. The Morgan fingerprint density at radius 1 is 1.10 bits per heavy atom. The predicted molar refractivity (Wildman–Crippen MR) is 158 cm³/mol. The number of fused-ring (bicyclic) bond motifs is 1. The highest BCUT2D eigenvalue weighted by atomic mass is 28.4. The average Bonchev–Trinajstić information content (AvgIpc) is 2.86. The number of ether oxygens (including phenoxy) is 3. The molecule has 0 unspecified atom stereocenters. The van der Waals surface area contributed by atoms with Gasteiger partial charge in [0.1, 0.15) is 11.4 Å². The number of rotatable bonds is 7. The van der Waals surface area contributed by atoms with Crippen LogP contribution in [0, 0.1) is 12.0 Å². The van der Waals surface area contributed by atoms with E-state index in [0.29, 0.717) is 24.6 Å². The molecule has 0 atom stereocenters. The molecule has 0 fully saturated rings. The van der Waals surface area contributed by atoms with Crippen molar-refractivity contribution in [3.05, 3.63) is 42.0 Å². The zero-order chi connectivity index (χ0) is 29.7. The summed E-state index contributed by atoms with van der Waals surface area (Å²) in [6, 6.07) is 13.7. The highest BCUT2D eigenvalue weighted by molar-refractivity contribution is 6.74. The summed E-state index contributed by atoms with van der Waals surface area (Å²) >= 11 is 0. The van der Waals surface area contributed by atoms with Crippen LogP contribution in [0.4, 0.5) is 16.4 Å². The Morgan fingerprint density at radius 3 is 2.38 bits per heavy atom. The monoisotopic (exact) mass is 567 g/mol. The minimum absolute atomic E-state index is 0.0905. The van der Waals surface area contributed by atoms with Crippen LogP contribution in [0.2, 0.25) is 18.1 Å². The molecule has 40 heavy (non-hydrogen) atoms. The number of anilines is 2. The molecule has 0 bridgehead atoms. The third kappa shape index (κ3) is 7.99. The zero-order valence-electron chi connectivity index (χ0n) is 25.1. The Labute approximate surface area is 238 Å². The maximum atomic E-state index is 13.2. The van der Waals surface area contributed by atoms with Gasteiger partial charge >= 0.3 is 6.09 Å². The number of pyridine rings is 1. The standard InChI is InChI=1S/C30H41N3O6Si/c1-29(2,3)39-28(35)32(18-10-11-19-38-40(8,9)30(4,5)6)25-17-16-24-27(31-25)33(26(34)21-37-24)20-22-12-14-23(36-7)15-13-22/h12-17H,11,19-21H2,1-9H3. The lowest BCUT2D eigenvalue weighted by molar-refractivity contribution is -0.121. The molecule has 9 nitrogen and oxygen atoms in total. The van der Waals surface area contributed by atoms with Crippen molar-refractivity contribution in [3.8, 4) is 23.5 Å². The summed E-state index contributed by atoms with van der Waals surface area (Å²) in [6.07, 6.45) is -0.232. The lowest BCUT2D eigenvalue weighted by atomic mass is 10.2. The van der Waals surface area contributed by atoms with E-state index in [1.165, 1.54) is 9.80 Å². The molecular weight excluding hydrogens is 526 g/mol. The number of hydrogen-bond acceptors (Lipinski definition) is 7. The lowest BCUT2D eigenvalue weighted by Gasteiger charge is -2.35. The van der Waals surface area contributed by atoms with E-state index >= 15 is 0 Å². The molecule has 216 valence electrons. The van der Waals surface area contributed by atoms with Crippen molar-refractivity contribution in [2.45, 2.75) is 78.2 Å². The third-order valence-corrected chi connectivity index (χ3v) is 11.3. The van der Waals surface area contributed by atoms with E-state index in [9.17, 15) is 9.59 Å². The van der Waals surface area contributed by atoms with Crippen LogP contribution < -0.4 is 19.3 Å². The van der Waals surface area contributed by atoms with Crippen LogP contribution in [-0.4, -0.2) is 51.2 Å². The fraction of sp³-hybridized carbons (Fsp3) is 0.500. The Bertz CT molecular complexity index is 1270. The topological polar surface area (TPSA) is 90.4 Å². The normalized spacial score (nSPS) is 13.5. The fourth-order valence-electron chi connectivity index (χ4n) is 3.48. The van der Waals surface area contributed by atoms with E-state index in [0.717, 1.165) is 11.3 Å². The van der Waals surface area contributed by atoms with Gasteiger partial charge in [-0.15, -0.1) is 0 Å². The first-order valence-electron chi connectivity index (χ1n) is 13.3. The van der Waals surface area contributed by atoms with Crippen molar-refractivity contribution in [1.82, 2.24) is 4.98 Å². The van der Waals surface area contributed by atoms with Gasteiger partial charge < -0.3 is 18.6 Å². The van der Waals surface area contributed by atoms with Gasteiger partial charge in [-0.3, -0.25) is 9.69 Å². The molecule has 1 aliphatic rings. The molecule has 0 spiro atoms. The van der Waals surface area contributed by atoms with E-state index in [1.54, 1.807) is 40.0 Å². The summed E-state index contributed by atoms with van der Waals surface area (Å²) in [6.45, 7) is 16.9. The molecule has 2 heterocycles. The van der Waals surface area contributed by atoms with E-state index in [4.69, 9.17) is 18.6 Å². The summed E-state index contributed by atoms with van der Waals surface area (Å²) in [5.74, 6) is 4.48. The van der Waals surface area contributed by atoms with Crippen molar-refractivity contribution in [2.24, 2.45) is 0 Å². The SMILES string of the molecule is COc1ccc(CN2C(=O)COc3ccc(N(C#CCCO[Si](C)(C)C(C)(C)C)C(=O)OC(C)(C)C)nc32)cc1. The number of benzene rings is 1. The molecular formula is C30H41N3O6Si. The third-order valence-electron chi connectivity index (χ3n) is 6.72. The largest absolute Gasteiger partial charge is 0.497 e. The molecule has 10 heteroatoms. The molecule has 0 saturated heterocycles. The molecule has 3 rings (SSSR count). The predicted octanol–water partition coefficient (Wildman–Crippen LogP) is 6.13. The van der Waals surface area contributed by atoms with Crippen molar-refractivity contribution >= 4 is 32.0 Å². The molecule has 1 aromatic carbocycles. The van der Waals surface area contributed by atoms with Gasteiger partial charge in [-0.1, -0.05) is 38.8 Å². The van der Waals surface area contributed by atoms with Gasteiger partial charge in [0.25, 0.3) is 5.91 Å². The Hall–Kier alpha value is -3.55. The molecule has 2 amide bonds. The summed E-state index contributed by atoms with van der Waals surface area (Å²) < 4.78 is 22.7. The second kappa shape index (κ2) is 12.3.